The molecule has 5 rings (SSSR count). The van der Waals surface area contributed by atoms with Crippen LogP contribution in [0.4, 0.5) is 13.6 Å². The molecule has 0 aromatic carbocycles. The van der Waals surface area contributed by atoms with E-state index < -0.39 is 43.9 Å². The van der Waals surface area contributed by atoms with Crippen LogP contribution in [0.3, 0.4) is 0 Å². The van der Waals surface area contributed by atoms with Crippen LogP contribution in [-0.4, -0.2) is 79.3 Å². The van der Waals surface area contributed by atoms with Crippen molar-refractivity contribution in [1.29, 1.82) is 0 Å². The monoisotopic (exact) mass is 690 g/mol. The second kappa shape index (κ2) is 13.1. The molecule has 48 heavy (non-hydrogen) atoms. The number of nitrogens with zero attached hydrogens (tertiary/aromatic N) is 7. The average molecular weight is 691 g/mol. The molecule has 3 aromatic heterocycles. The van der Waals surface area contributed by atoms with Gasteiger partial charge in [0.2, 0.25) is 5.92 Å². The molecule has 3 atom stereocenters. The summed E-state index contributed by atoms with van der Waals surface area (Å²) in [7, 11) is -2.11. The third kappa shape index (κ3) is 8.01. The Labute approximate surface area is 280 Å². The van der Waals surface area contributed by atoms with Crippen molar-refractivity contribution in [2.45, 2.75) is 135 Å². The Morgan fingerprint density at radius 1 is 1.08 bits per heavy atom. The first-order valence-corrected chi connectivity index (χ1v) is 19.5. The van der Waals surface area contributed by atoms with Gasteiger partial charge in [0.1, 0.15) is 11.3 Å². The molecule has 1 N–H and O–H groups in total. The Balaban J connectivity index is 1.47. The fraction of sp³-hybridized carbons (Fsp3) is 0.719. The molecule has 1 aliphatic carbocycles. The maximum Gasteiger partial charge on any atom is 0.410 e. The summed E-state index contributed by atoms with van der Waals surface area (Å²) in [5, 5.41) is 14.9. The van der Waals surface area contributed by atoms with Crippen LogP contribution in [0, 0.1) is 12.8 Å². The molecule has 0 bridgehead atoms. The number of carbonyl (C=O) groups is 2. The van der Waals surface area contributed by atoms with Crippen LogP contribution in [0.5, 0.6) is 0 Å². The summed E-state index contributed by atoms with van der Waals surface area (Å²) in [6.07, 6.45) is 3.68. The van der Waals surface area contributed by atoms with E-state index in [1.165, 1.54) is 4.52 Å². The highest BCUT2D eigenvalue weighted by molar-refractivity contribution is 6.74. The maximum atomic E-state index is 14.1. The summed E-state index contributed by atoms with van der Waals surface area (Å²) in [6.45, 7) is 18.5. The normalized spacial score (nSPS) is 21.7. The SMILES string of the molecule is Cc1nonc1C(=O)N[C@H](c1cn2ncc(C3CC(O[Si](C)(C)C(C)(C)C)CCN3C(=O)OC(C)(C)C)nc2n1)C1CCC(F)(F)CC1. The molecule has 4 heterocycles. The van der Waals surface area contributed by atoms with E-state index in [1.807, 2.05) is 20.8 Å². The van der Waals surface area contributed by atoms with Gasteiger partial charge < -0.3 is 14.5 Å². The number of fused-ring (bicyclic) bond motifs is 1. The molecule has 1 saturated heterocycles. The van der Waals surface area contributed by atoms with E-state index in [1.54, 1.807) is 24.2 Å². The van der Waals surface area contributed by atoms with Crippen molar-refractivity contribution in [2.75, 3.05) is 6.54 Å². The molecule has 3 aromatic rings. The number of alkyl halides is 2. The highest BCUT2D eigenvalue weighted by Crippen LogP contribution is 2.43. The number of piperidine rings is 1. The van der Waals surface area contributed by atoms with Crippen molar-refractivity contribution in [3.8, 4) is 0 Å². The largest absolute Gasteiger partial charge is 0.444 e. The van der Waals surface area contributed by atoms with E-state index in [2.05, 4.69) is 54.6 Å². The van der Waals surface area contributed by atoms with Crippen LogP contribution in [0.25, 0.3) is 5.78 Å². The fourth-order valence-electron chi connectivity index (χ4n) is 6.05. The molecule has 2 unspecified atom stereocenters. The van der Waals surface area contributed by atoms with Crippen molar-refractivity contribution in [2.24, 2.45) is 5.92 Å². The van der Waals surface area contributed by atoms with Gasteiger partial charge >= 0.3 is 6.09 Å². The number of aromatic nitrogens is 6. The summed E-state index contributed by atoms with van der Waals surface area (Å²) in [5.74, 6) is -3.36. The van der Waals surface area contributed by atoms with Crippen LogP contribution < -0.4 is 5.32 Å². The van der Waals surface area contributed by atoms with Crippen molar-refractivity contribution in [3.05, 3.63) is 35.2 Å². The number of ether oxygens (including phenoxy) is 1. The number of hydrogen-bond donors (Lipinski definition) is 1. The van der Waals surface area contributed by atoms with Crippen LogP contribution in [0.15, 0.2) is 17.0 Å². The van der Waals surface area contributed by atoms with Gasteiger partial charge in [-0.15, -0.1) is 0 Å². The lowest BCUT2D eigenvalue weighted by Crippen LogP contribution is -2.50. The zero-order valence-electron chi connectivity index (χ0n) is 29.3. The third-order valence-electron chi connectivity index (χ3n) is 9.73. The molecular weight excluding hydrogens is 642 g/mol. The van der Waals surface area contributed by atoms with Crippen LogP contribution in [0.1, 0.15) is 120 Å². The molecular formula is C32H48F2N8O5Si. The zero-order chi connectivity index (χ0) is 35.2. The van der Waals surface area contributed by atoms with Gasteiger partial charge in [-0.2, -0.15) is 5.10 Å². The zero-order valence-corrected chi connectivity index (χ0v) is 30.3. The Kier molecular flexibility index (Phi) is 9.73. The van der Waals surface area contributed by atoms with Crippen LogP contribution >= 0.6 is 0 Å². The molecule has 2 fully saturated rings. The molecule has 2 amide bonds. The standard InChI is InChI=1S/C32H48F2N8O5Si/c1-19-25(40-47-39-19)27(43)38-26(20-10-13-32(33,34)14-11-20)23-18-42-28(37-23)36-22(17-35-42)24-16-21(46-48(8,9)31(5,6)7)12-15-41(24)29(44)45-30(2,3)4/h17-18,20-21,24,26H,10-16H2,1-9H3,(H,38,43)/t21?,24?,26-/m0/s1. The molecule has 13 nitrogen and oxygen atoms in total. The minimum absolute atomic E-state index is 0.0115. The van der Waals surface area contributed by atoms with Crippen LogP contribution in [0.2, 0.25) is 18.1 Å². The second-order valence-corrected chi connectivity index (χ2v) is 20.4. The Bertz CT molecular complexity index is 1620. The number of rotatable bonds is 7. The number of halogens is 2. The van der Waals surface area contributed by atoms with E-state index in [9.17, 15) is 18.4 Å². The van der Waals surface area contributed by atoms with Crippen molar-refractivity contribution < 1.29 is 32.2 Å². The highest BCUT2D eigenvalue weighted by atomic mass is 28.4. The number of hydrogen-bond acceptors (Lipinski definition) is 10. The maximum absolute atomic E-state index is 14.1. The topological polar surface area (TPSA) is 150 Å². The molecule has 264 valence electrons. The van der Waals surface area contributed by atoms with Crippen LogP contribution in [-0.2, 0) is 9.16 Å². The predicted octanol–water partition coefficient (Wildman–Crippen LogP) is 6.57. The predicted molar refractivity (Wildman–Crippen MR) is 174 cm³/mol. The van der Waals surface area contributed by atoms with Gasteiger partial charge in [-0.1, -0.05) is 25.9 Å². The van der Waals surface area contributed by atoms with Crippen molar-refractivity contribution in [3.63, 3.8) is 0 Å². The van der Waals surface area contributed by atoms with E-state index in [0.717, 1.165) is 0 Å². The number of likely N-dealkylation sites (tertiary alicyclic amines) is 1. The van der Waals surface area contributed by atoms with Gasteiger partial charge in [0.15, 0.2) is 14.0 Å². The van der Waals surface area contributed by atoms with Gasteiger partial charge in [-0.05, 0) is 82.6 Å². The smallest absolute Gasteiger partial charge is 0.410 e. The lowest BCUT2D eigenvalue weighted by molar-refractivity contribution is -0.0495. The molecule has 2 aliphatic rings. The Morgan fingerprint density at radius 2 is 1.77 bits per heavy atom. The number of nitrogens with one attached hydrogen (secondary N) is 1. The third-order valence-corrected chi connectivity index (χ3v) is 14.3. The number of carbonyl (C=O) groups excluding carboxylic acids is 2. The van der Waals surface area contributed by atoms with Gasteiger partial charge in [-0.3, -0.25) is 9.69 Å². The van der Waals surface area contributed by atoms with E-state index >= 15 is 0 Å². The highest BCUT2D eigenvalue weighted by Gasteiger charge is 2.44. The summed E-state index contributed by atoms with van der Waals surface area (Å²) in [6, 6.07) is -1.20. The minimum Gasteiger partial charge on any atom is -0.444 e. The van der Waals surface area contributed by atoms with Gasteiger partial charge in [0, 0.05) is 25.5 Å². The first kappa shape index (κ1) is 35.8. The summed E-state index contributed by atoms with van der Waals surface area (Å²) < 4.78 is 47.0. The van der Waals surface area contributed by atoms with Crippen molar-refractivity contribution >= 4 is 26.1 Å². The molecule has 0 radical (unpaired) electrons. The van der Waals surface area contributed by atoms with Crippen molar-refractivity contribution in [1.82, 2.24) is 40.1 Å². The summed E-state index contributed by atoms with van der Waals surface area (Å²) in [5.41, 5.74) is 0.583. The lowest BCUT2D eigenvalue weighted by atomic mass is 9.81. The Morgan fingerprint density at radius 3 is 2.38 bits per heavy atom. The minimum atomic E-state index is -2.75. The van der Waals surface area contributed by atoms with E-state index in [0.29, 0.717) is 36.5 Å². The molecule has 16 heteroatoms. The molecule has 0 spiro atoms. The van der Waals surface area contributed by atoms with E-state index in [-0.39, 0.29) is 54.2 Å². The van der Waals surface area contributed by atoms with E-state index in [4.69, 9.17) is 23.8 Å². The fourth-order valence-corrected chi connectivity index (χ4v) is 7.45. The van der Waals surface area contributed by atoms with Gasteiger partial charge in [-0.25, -0.2) is 32.7 Å². The van der Waals surface area contributed by atoms with Gasteiger partial charge in [0.05, 0.1) is 35.9 Å². The number of amides is 2. The summed E-state index contributed by atoms with van der Waals surface area (Å²) in [4.78, 5) is 37.9. The Hall–Kier alpha value is -3.53. The first-order valence-electron chi connectivity index (χ1n) is 16.6. The number of aryl methyl sites for hydroxylation is 1. The summed E-state index contributed by atoms with van der Waals surface area (Å²) >= 11 is 0. The second-order valence-electron chi connectivity index (χ2n) is 15.6. The van der Waals surface area contributed by atoms with Gasteiger partial charge in [0.25, 0.3) is 11.7 Å². The molecule has 1 saturated carbocycles. The lowest BCUT2D eigenvalue weighted by Gasteiger charge is -2.44. The molecule has 1 aliphatic heterocycles. The first-order chi connectivity index (χ1) is 22.2. The quantitative estimate of drug-likeness (QED) is 0.270. The average Bonchev–Trinajstić information content (AvgIpc) is 3.60. The number of imidazole rings is 1.